The number of hydrogen-bond acceptors (Lipinski definition) is 11. The lowest BCUT2D eigenvalue weighted by Gasteiger charge is -2.37. The van der Waals surface area contributed by atoms with Crippen molar-refractivity contribution in [2.24, 2.45) is 11.7 Å². The van der Waals surface area contributed by atoms with E-state index in [2.05, 4.69) is 20.9 Å². The summed E-state index contributed by atoms with van der Waals surface area (Å²) in [6.07, 6.45) is 7.60. The molecular formula is C35H49N7O9S. The molecule has 0 bridgehead atoms. The SMILES string of the molecule is Cc1cc(C(=O)N[C@H](CC2CCCCC2)C(=O)N2CC(n3nncc3C(C)(C)O)CC2C(=O)NC2(C(=O)C(N)=O)CCOCC2)ccc1S(C)(=O)=O. The Morgan fingerprint density at radius 1 is 1.12 bits per heavy atom. The number of likely N-dealkylation sites (tertiary alicyclic amines) is 1. The molecule has 1 saturated carbocycles. The van der Waals surface area contributed by atoms with Gasteiger partial charge in [0, 0.05) is 50.8 Å². The van der Waals surface area contributed by atoms with E-state index in [0.29, 0.717) is 17.7 Å². The Bertz CT molecular complexity index is 1810. The number of nitrogens with one attached hydrogen (secondary N) is 2. The number of amides is 4. The standard InChI is InChI=1S/C35H49N7O9S/c1-21-16-23(10-11-27(21)52(4,49)50)31(45)38-25(17-22-8-6-5-7-9-22)33(47)41-20-24(42-28(19-37-40-42)34(2,3)48)18-26(41)32(46)39-35(29(43)30(36)44)12-14-51-15-13-35/h10-11,16,19,22,24-26,48H,5-9,12-15,17-18,20H2,1-4H3,(H2,36,44)(H,38,45)(H,39,46)/t24?,25-,26?/m1/s1. The lowest BCUT2D eigenvalue weighted by molar-refractivity contribution is -0.147. The molecule has 3 fully saturated rings. The van der Waals surface area contributed by atoms with E-state index in [0.717, 1.165) is 38.4 Å². The molecule has 5 N–H and O–H groups in total. The largest absolute Gasteiger partial charge is 0.384 e. The van der Waals surface area contributed by atoms with Gasteiger partial charge in [-0.25, -0.2) is 13.1 Å². The molecule has 3 atom stereocenters. The fourth-order valence-electron chi connectivity index (χ4n) is 7.74. The zero-order valence-electron chi connectivity index (χ0n) is 30.1. The number of primary amides is 1. The Labute approximate surface area is 303 Å². The third kappa shape index (κ3) is 8.52. The third-order valence-corrected chi connectivity index (χ3v) is 11.8. The summed E-state index contributed by atoms with van der Waals surface area (Å²) >= 11 is 0. The fourth-order valence-corrected chi connectivity index (χ4v) is 8.70. The number of nitrogens with zero attached hydrogens (tertiary/aromatic N) is 4. The quantitative estimate of drug-likeness (QED) is 0.223. The highest BCUT2D eigenvalue weighted by molar-refractivity contribution is 7.90. The van der Waals surface area contributed by atoms with Gasteiger partial charge in [-0.3, -0.25) is 24.0 Å². The predicted molar refractivity (Wildman–Crippen MR) is 186 cm³/mol. The summed E-state index contributed by atoms with van der Waals surface area (Å²) in [6.45, 7) is 4.88. The van der Waals surface area contributed by atoms with E-state index in [1.807, 2.05) is 0 Å². The highest BCUT2D eigenvalue weighted by Gasteiger charge is 2.49. The highest BCUT2D eigenvalue weighted by Crippen LogP contribution is 2.34. The maximum atomic E-state index is 14.8. The summed E-state index contributed by atoms with van der Waals surface area (Å²) in [5.74, 6) is -3.84. The smallest absolute Gasteiger partial charge is 0.287 e. The molecular weight excluding hydrogens is 694 g/mol. The van der Waals surface area contributed by atoms with Crippen LogP contribution < -0.4 is 16.4 Å². The first kappa shape index (κ1) is 39.0. The van der Waals surface area contributed by atoms with Crippen LogP contribution in [0.15, 0.2) is 29.3 Å². The minimum Gasteiger partial charge on any atom is -0.384 e. The molecule has 3 aliphatic rings. The Morgan fingerprint density at radius 3 is 2.38 bits per heavy atom. The van der Waals surface area contributed by atoms with E-state index in [-0.39, 0.29) is 55.4 Å². The van der Waals surface area contributed by atoms with E-state index < -0.39 is 68.5 Å². The second-order valence-electron chi connectivity index (χ2n) is 14.9. The summed E-state index contributed by atoms with van der Waals surface area (Å²) < 4.78 is 31.3. The molecule has 5 rings (SSSR count). The van der Waals surface area contributed by atoms with Crippen molar-refractivity contribution >= 4 is 39.2 Å². The molecule has 2 unspecified atom stereocenters. The summed E-state index contributed by atoms with van der Waals surface area (Å²) in [4.78, 5) is 69.5. The van der Waals surface area contributed by atoms with Gasteiger partial charge in [-0.15, -0.1) is 5.10 Å². The number of aliphatic hydroxyl groups is 1. The van der Waals surface area contributed by atoms with Crippen LogP contribution >= 0.6 is 0 Å². The van der Waals surface area contributed by atoms with E-state index in [4.69, 9.17) is 10.5 Å². The Kier molecular flexibility index (Phi) is 11.6. The summed E-state index contributed by atoms with van der Waals surface area (Å²) in [7, 11) is -3.53. The normalized spacial score (nSPS) is 21.7. The molecule has 2 saturated heterocycles. The topological polar surface area (TPSA) is 233 Å². The lowest BCUT2D eigenvalue weighted by Crippen LogP contribution is -2.64. The van der Waals surface area contributed by atoms with Gasteiger partial charge >= 0.3 is 0 Å². The van der Waals surface area contributed by atoms with Gasteiger partial charge in [-0.2, -0.15) is 0 Å². The Hall–Kier alpha value is -4.22. The zero-order chi connectivity index (χ0) is 38.0. The fraction of sp³-hybridized carbons (Fsp3) is 0.629. The summed E-state index contributed by atoms with van der Waals surface area (Å²) in [5.41, 5.74) is 3.33. The number of sulfone groups is 1. The number of nitrogens with two attached hydrogens (primary N) is 1. The number of Topliss-reactive ketones (excluding diaryl/α,β-unsaturated/α-hetero) is 1. The van der Waals surface area contributed by atoms with Crippen molar-refractivity contribution in [1.82, 2.24) is 30.5 Å². The molecule has 1 aliphatic carbocycles. The van der Waals surface area contributed by atoms with Crippen LogP contribution in [0, 0.1) is 12.8 Å². The van der Waals surface area contributed by atoms with Crippen LogP contribution in [0.2, 0.25) is 0 Å². The number of aryl methyl sites for hydroxylation is 1. The van der Waals surface area contributed by atoms with Crippen molar-refractivity contribution in [3.05, 3.63) is 41.2 Å². The molecule has 2 aromatic rings. The van der Waals surface area contributed by atoms with Crippen molar-refractivity contribution < 1.29 is 42.2 Å². The number of aromatic nitrogens is 3. The van der Waals surface area contributed by atoms with Gasteiger partial charge in [0.15, 0.2) is 9.84 Å². The first-order valence-corrected chi connectivity index (χ1v) is 19.6. The van der Waals surface area contributed by atoms with Gasteiger partial charge in [0.05, 0.1) is 22.8 Å². The molecule has 1 aromatic carbocycles. The average molecular weight is 744 g/mol. The summed E-state index contributed by atoms with van der Waals surface area (Å²) in [6, 6.07) is 1.36. The molecule has 2 aliphatic heterocycles. The molecule has 17 heteroatoms. The molecule has 16 nitrogen and oxygen atoms in total. The molecule has 52 heavy (non-hydrogen) atoms. The van der Waals surface area contributed by atoms with E-state index in [1.54, 1.807) is 20.8 Å². The van der Waals surface area contributed by atoms with Crippen molar-refractivity contribution in [3.8, 4) is 0 Å². The average Bonchev–Trinajstić information content (AvgIpc) is 3.76. The minimum atomic E-state index is -3.53. The van der Waals surface area contributed by atoms with Crippen molar-refractivity contribution in [2.45, 2.75) is 113 Å². The van der Waals surface area contributed by atoms with Crippen LogP contribution in [0.4, 0.5) is 0 Å². The van der Waals surface area contributed by atoms with Crippen LogP contribution in [0.5, 0.6) is 0 Å². The van der Waals surface area contributed by atoms with Crippen LogP contribution in [-0.2, 0) is 39.4 Å². The Morgan fingerprint density at radius 2 is 1.79 bits per heavy atom. The number of rotatable bonds is 12. The van der Waals surface area contributed by atoms with E-state index in [1.165, 1.54) is 34.0 Å². The maximum absolute atomic E-state index is 14.8. The van der Waals surface area contributed by atoms with Gasteiger partial charge in [-0.05, 0) is 56.9 Å². The number of ketones is 1. The molecule has 0 spiro atoms. The van der Waals surface area contributed by atoms with Gasteiger partial charge in [-0.1, -0.05) is 37.3 Å². The molecule has 0 radical (unpaired) electrons. The van der Waals surface area contributed by atoms with E-state index in [9.17, 15) is 37.5 Å². The molecule has 284 valence electrons. The highest BCUT2D eigenvalue weighted by atomic mass is 32.2. The second kappa shape index (κ2) is 15.4. The number of ether oxygens (including phenoxy) is 1. The van der Waals surface area contributed by atoms with Crippen LogP contribution in [0.3, 0.4) is 0 Å². The maximum Gasteiger partial charge on any atom is 0.287 e. The first-order chi connectivity index (χ1) is 24.4. The molecule has 3 heterocycles. The van der Waals surface area contributed by atoms with Crippen molar-refractivity contribution in [3.63, 3.8) is 0 Å². The van der Waals surface area contributed by atoms with Crippen LogP contribution in [0.1, 0.15) is 99.3 Å². The van der Waals surface area contributed by atoms with Crippen LogP contribution in [0.25, 0.3) is 0 Å². The van der Waals surface area contributed by atoms with Gasteiger partial charge in [0.2, 0.25) is 17.6 Å². The molecule has 1 aromatic heterocycles. The number of carbonyl (C=O) groups excluding carboxylic acids is 5. The first-order valence-electron chi connectivity index (χ1n) is 17.7. The predicted octanol–water partition coefficient (Wildman–Crippen LogP) is 0.848. The lowest BCUT2D eigenvalue weighted by atomic mass is 9.84. The third-order valence-electron chi connectivity index (χ3n) is 10.5. The zero-order valence-corrected chi connectivity index (χ0v) is 30.9. The van der Waals surface area contributed by atoms with Crippen LogP contribution in [-0.4, -0.2) is 106 Å². The second-order valence-corrected chi connectivity index (χ2v) is 16.9. The van der Waals surface area contributed by atoms with E-state index >= 15 is 0 Å². The number of benzene rings is 1. The van der Waals surface area contributed by atoms with Crippen molar-refractivity contribution in [1.29, 1.82) is 0 Å². The van der Waals surface area contributed by atoms with Gasteiger partial charge < -0.3 is 31.1 Å². The summed E-state index contributed by atoms with van der Waals surface area (Å²) in [5, 5.41) is 24.7. The number of carbonyl (C=O) groups is 5. The minimum absolute atomic E-state index is 0.00837. The monoisotopic (exact) mass is 743 g/mol. The van der Waals surface area contributed by atoms with Crippen molar-refractivity contribution in [2.75, 3.05) is 26.0 Å². The number of hydrogen-bond donors (Lipinski definition) is 4. The molecule has 4 amide bonds. The van der Waals surface area contributed by atoms with Gasteiger partial charge in [0.25, 0.3) is 11.8 Å². The Balaban J connectivity index is 1.50. The van der Waals surface area contributed by atoms with Gasteiger partial charge in [0.1, 0.15) is 23.2 Å².